The molecule has 0 amide bonds. The van der Waals surface area contributed by atoms with Gasteiger partial charge in [0, 0.05) is 19.2 Å². The summed E-state index contributed by atoms with van der Waals surface area (Å²) in [6.07, 6.45) is 1.51. The van der Waals surface area contributed by atoms with Crippen LogP contribution in [0.3, 0.4) is 0 Å². The SMILES string of the molecule is CN(Cc1cccc([N+](=O)[O-])c1NN)CC1CC(O)C1. The third kappa shape index (κ3) is 3.24. The number of rotatable bonds is 6. The largest absolute Gasteiger partial charge is 0.393 e. The molecule has 20 heavy (non-hydrogen) atoms. The number of hydrogen-bond donors (Lipinski definition) is 3. The summed E-state index contributed by atoms with van der Waals surface area (Å²) in [5.41, 5.74) is 3.57. The van der Waals surface area contributed by atoms with Crippen LogP contribution in [0.25, 0.3) is 0 Å². The Labute approximate surface area is 117 Å². The van der Waals surface area contributed by atoms with Crippen LogP contribution in [-0.2, 0) is 6.54 Å². The molecule has 1 aromatic rings. The predicted octanol–water partition coefficient (Wildman–Crippen LogP) is 1.08. The van der Waals surface area contributed by atoms with Gasteiger partial charge in [-0.15, -0.1) is 0 Å². The van der Waals surface area contributed by atoms with Crippen LogP contribution >= 0.6 is 0 Å². The van der Waals surface area contributed by atoms with E-state index in [1.807, 2.05) is 13.1 Å². The summed E-state index contributed by atoms with van der Waals surface area (Å²) in [6, 6.07) is 4.92. The number of hydrazine groups is 1. The van der Waals surface area contributed by atoms with Crippen molar-refractivity contribution in [2.45, 2.75) is 25.5 Å². The number of hydrogen-bond acceptors (Lipinski definition) is 6. The van der Waals surface area contributed by atoms with E-state index in [0.717, 1.165) is 24.9 Å². The number of nitrogens with zero attached hydrogens (tertiary/aromatic N) is 2. The first-order valence-corrected chi connectivity index (χ1v) is 6.60. The fourth-order valence-corrected chi connectivity index (χ4v) is 2.68. The molecule has 0 atom stereocenters. The summed E-state index contributed by atoms with van der Waals surface area (Å²) < 4.78 is 0. The van der Waals surface area contributed by atoms with Crippen LogP contribution in [-0.4, -0.2) is 34.6 Å². The minimum Gasteiger partial charge on any atom is -0.393 e. The zero-order valence-corrected chi connectivity index (χ0v) is 11.5. The Kier molecular flexibility index (Phi) is 4.53. The summed E-state index contributed by atoms with van der Waals surface area (Å²) in [5.74, 6) is 5.92. The van der Waals surface area contributed by atoms with Gasteiger partial charge in [-0.3, -0.25) is 16.0 Å². The van der Waals surface area contributed by atoms with Crippen molar-refractivity contribution >= 4 is 11.4 Å². The maximum absolute atomic E-state index is 11.0. The molecule has 7 heteroatoms. The molecule has 1 fully saturated rings. The van der Waals surface area contributed by atoms with E-state index in [1.165, 1.54) is 6.07 Å². The summed E-state index contributed by atoms with van der Waals surface area (Å²) in [4.78, 5) is 12.6. The molecule has 0 heterocycles. The van der Waals surface area contributed by atoms with Gasteiger partial charge in [-0.25, -0.2) is 0 Å². The molecule has 110 valence electrons. The Morgan fingerprint density at radius 3 is 2.80 bits per heavy atom. The van der Waals surface area contributed by atoms with Crippen molar-refractivity contribution in [3.63, 3.8) is 0 Å². The van der Waals surface area contributed by atoms with Gasteiger partial charge in [-0.05, 0) is 31.4 Å². The fourth-order valence-electron chi connectivity index (χ4n) is 2.68. The Morgan fingerprint density at radius 1 is 1.55 bits per heavy atom. The summed E-state index contributed by atoms with van der Waals surface area (Å²) >= 11 is 0. The van der Waals surface area contributed by atoms with Gasteiger partial charge >= 0.3 is 0 Å². The number of benzene rings is 1. The van der Waals surface area contributed by atoms with Gasteiger partial charge in [0.2, 0.25) is 0 Å². The van der Waals surface area contributed by atoms with Crippen molar-refractivity contribution in [2.24, 2.45) is 11.8 Å². The van der Waals surface area contributed by atoms with E-state index in [0.29, 0.717) is 18.2 Å². The lowest BCUT2D eigenvalue weighted by molar-refractivity contribution is -0.384. The Bertz CT molecular complexity index is 489. The van der Waals surface area contributed by atoms with E-state index >= 15 is 0 Å². The summed E-state index contributed by atoms with van der Waals surface area (Å²) in [7, 11) is 1.96. The average molecular weight is 280 g/mol. The zero-order chi connectivity index (χ0) is 14.7. The molecule has 0 radical (unpaired) electrons. The van der Waals surface area contributed by atoms with E-state index in [1.54, 1.807) is 6.07 Å². The molecule has 7 nitrogen and oxygen atoms in total. The van der Waals surface area contributed by atoms with Crippen molar-refractivity contribution in [3.8, 4) is 0 Å². The molecule has 0 bridgehead atoms. The van der Waals surface area contributed by atoms with E-state index in [9.17, 15) is 15.2 Å². The molecule has 0 aromatic heterocycles. The molecule has 1 saturated carbocycles. The van der Waals surface area contributed by atoms with Gasteiger partial charge in [0.1, 0.15) is 5.69 Å². The molecular weight excluding hydrogens is 260 g/mol. The molecule has 1 aromatic carbocycles. The van der Waals surface area contributed by atoms with Gasteiger partial charge in [-0.2, -0.15) is 0 Å². The maximum Gasteiger partial charge on any atom is 0.293 e. The van der Waals surface area contributed by atoms with E-state index in [-0.39, 0.29) is 11.8 Å². The number of nitro groups is 1. The summed E-state index contributed by atoms with van der Waals surface area (Å²) in [6.45, 7) is 1.44. The molecule has 0 unspecified atom stereocenters. The highest BCUT2D eigenvalue weighted by molar-refractivity contribution is 5.65. The lowest BCUT2D eigenvalue weighted by Gasteiger charge is -2.34. The monoisotopic (exact) mass is 280 g/mol. The van der Waals surface area contributed by atoms with Gasteiger partial charge in [-0.1, -0.05) is 12.1 Å². The highest BCUT2D eigenvalue weighted by Gasteiger charge is 2.28. The molecular formula is C13H20N4O3. The molecule has 0 aliphatic heterocycles. The predicted molar refractivity (Wildman–Crippen MR) is 76.0 cm³/mol. The Hall–Kier alpha value is -1.70. The van der Waals surface area contributed by atoms with Crippen molar-refractivity contribution in [1.29, 1.82) is 0 Å². The van der Waals surface area contributed by atoms with Crippen LogP contribution in [0.1, 0.15) is 18.4 Å². The minimum absolute atomic E-state index is 0.0162. The molecule has 0 saturated heterocycles. The van der Waals surface area contributed by atoms with Crippen LogP contribution in [0.5, 0.6) is 0 Å². The van der Waals surface area contributed by atoms with E-state index < -0.39 is 4.92 Å². The third-order valence-electron chi connectivity index (χ3n) is 3.69. The molecule has 2 rings (SSSR count). The highest BCUT2D eigenvalue weighted by atomic mass is 16.6. The molecule has 1 aliphatic rings. The Balaban J connectivity index is 2.04. The van der Waals surface area contributed by atoms with E-state index in [4.69, 9.17) is 5.84 Å². The second kappa shape index (κ2) is 6.17. The second-order valence-electron chi connectivity index (χ2n) is 5.40. The number of nitro benzene ring substituents is 1. The maximum atomic E-state index is 11.0. The zero-order valence-electron chi connectivity index (χ0n) is 11.5. The van der Waals surface area contributed by atoms with Crippen molar-refractivity contribution in [2.75, 3.05) is 19.0 Å². The molecule has 0 spiro atoms. The molecule has 4 N–H and O–H groups in total. The fraction of sp³-hybridized carbons (Fsp3) is 0.538. The number of para-hydroxylation sites is 1. The number of aliphatic hydroxyl groups excluding tert-OH is 1. The Morgan fingerprint density at radius 2 is 2.25 bits per heavy atom. The summed E-state index contributed by atoms with van der Waals surface area (Å²) in [5, 5.41) is 20.2. The number of nitrogens with one attached hydrogen (secondary N) is 1. The van der Waals surface area contributed by atoms with Crippen LogP contribution in [0.2, 0.25) is 0 Å². The van der Waals surface area contributed by atoms with Crippen LogP contribution in [0.4, 0.5) is 11.4 Å². The minimum atomic E-state index is -0.443. The number of nitrogens with two attached hydrogens (primary N) is 1. The third-order valence-corrected chi connectivity index (χ3v) is 3.69. The van der Waals surface area contributed by atoms with Crippen molar-refractivity contribution < 1.29 is 10.0 Å². The topological polar surface area (TPSA) is 105 Å². The number of aliphatic hydroxyl groups is 1. The van der Waals surface area contributed by atoms with Crippen LogP contribution in [0, 0.1) is 16.0 Å². The van der Waals surface area contributed by atoms with Gasteiger partial charge in [0.15, 0.2) is 0 Å². The van der Waals surface area contributed by atoms with Gasteiger partial charge in [0.25, 0.3) is 5.69 Å². The average Bonchev–Trinajstić information content (AvgIpc) is 2.36. The van der Waals surface area contributed by atoms with E-state index in [2.05, 4.69) is 10.3 Å². The van der Waals surface area contributed by atoms with Crippen molar-refractivity contribution in [3.05, 3.63) is 33.9 Å². The quantitative estimate of drug-likeness (QED) is 0.409. The normalized spacial score (nSPS) is 21.6. The van der Waals surface area contributed by atoms with Gasteiger partial charge in [0.05, 0.1) is 11.0 Å². The van der Waals surface area contributed by atoms with Crippen LogP contribution in [0.15, 0.2) is 18.2 Å². The first-order valence-electron chi connectivity index (χ1n) is 6.60. The van der Waals surface area contributed by atoms with Gasteiger partial charge < -0.3 is 15.4 Å². The first kappa shape index (κ1) is 14.7. The lowest BCUT2D eigenvalue weighted by atomic mass is 9.82. The molecule has 1 aliphatic carbocycles. The number of anilines is 1. The number of nitrogen functional groups attached to an aromatic ring is 1. The van der Waals surface area contributed by atoms with Crippen molar-refractivity contribution in [1.82, 2.24) is 4.90 Å². The standard InChI is InChI=1S/C13H20N4O3/c1-16(7-9-5-11(18)6-9)8-10-3-2-4-12(17(19)20)13(10)15-14/h2-4,9,11,15,18H,5-8,14H2,1H3. The van der Waals surface area contributed by atoms with Crippen LogP contribution < -0.4 is 11.3 Å². The lowest BCUT2D eigenvalue weighted by Crippen LogP contribution is -2.36. The highest BCUT2D eigenvalue weighted by Crippen LogP contribution is 2.30. The second-order valence-corrected chi connectivity index (χ2v) is 5.40. The first-order chi connectivity index (χ1) is 9.51. The smallest absolute Gasteiger partial charge is 0.293 e.